The molecule has 2 N–H and O–H groups in total. The Hall–Kier alpha value is -4.27. The number of methoxy groups -OCH3 is 1. The van der Waals surface area contributed by atoms with Crippen molar-refractivity contribution < 1.29 is 37.0 Å². The number of ether oxygens (including phenoxy) is 3. The van der Waals surface area contributed by atoms with Crippen LogP contribution in [0.1, 0.15) is 77.2 Å². The van der Waals surface area contributed by atoms with E-state index in [0.29, 0.717) is 60.6 Å². The van der Waals surface area contributed by atoms with Crippen molar-refractivity contribution in [3.63, 3.8) is 0 Å². The Kier molecular flexibility index (Phi) is 9.81. The number of carbonyl (C=O) groups is 3. The molecule has 2 aliphatic heterocycles. The second kappa shape index (κ2) is 13.8. The van der Waals surface area contributed by atoms with Crippen LogP contribution in [-0.4, -0.2) is 84.8 Å². The summed E-state index contributed by atoms with van der Waals surface area (Å²) in [6, 6.07) is 2.97. The first-order chi connectivity index (χ1) is 23.9. The fraction of sp³-hybridized carbons (Fsp3) is 0.600. The fourth-order valence-corrected chi connectivity index (χ4v) is 8.28. The zero-order valence-corrected chi connectivity index (χ0v) is 29.7. The fourth-order valence-electron chi connectivity index (χ4n) is 6.97. The molecule has 3 amide bonds. The number of benzene rings is 1. The van der Waals surface area contributed by atoms with E-state index in [4.69, 9.17) is 14.2 Å². The van der Waals surface area contributed by atoms with Gasteiger partial charge in [-0.3, -0.25) is 19.1 Å². The van der Waals surface area contributed by atoms with Crippen molar-refractivity contribution in [2.45, 2.75) is 107 Å². The number of pyridine rings is 1. The van der Waals surface area contributed by atoms with Crippen molar-refractivity contribution in [1.29, 1.82) is 0 Å². The first-order valence-electron chi connectivity index (χ1n) is 17.3. The molecule has 2 aliphatic carbocycles. The molecule has 2 saturated carbocycles. The topological polar surface area (TPSA) is 183 Å². The maximum absolute atomic E-state index is 14.2. The molecule has 0 radical (unpaired) electrons. The summed E-state index contributed by atoms with van der Waals surface area (Å²) in [5.41, 5.74) is -0.126. The van der Waals surface area contributed by atoms with Crippen LogP contribution in [-0.2, 0) is 24.4 Å². The van der Waals surface area contributed by atoms with E-state index in [1.54, 1.807) is 26.2 Å². The second-order valence-electron chi connectivity index (χ2n) is 14.0. The molecule has 1 saturated heterocycles. The first-order valence-corrected chi connectivity index (χ1v) is 18.8. The van der Waals surface area contributed by atoms with Gasteiger partial charge < -0.3 is 24.4 Å². The standard InChI is InChI=1S/C35H45N5O9S/c1-5-48-29-18-28(24-13-14-27(47-4)21(2)30(24)36-29)49-23-17-26-31(41)37-35(33(43)39-50(45,46)34(3)15-16-34)19-22(35)11-9-7-6-8-10-12-25(38-44)32(42)40(26)20-23/h9,11,13-14,18,22-23,25-26H,5-8,10,12,15-17,19-20H2,1-4H3,(H,37,41)(H,39,43). The molecule has 15 heteroatoms. The van der Waals surface area contributed by atoms with Gasteiger partial charge in [0.2, 0.25) is 21.8 Å². The van der Waals surface area contributed by atoms with Gasteiger partial charge in [0.05, 0.1) is 30.5 Å². The van der Waals surface area contributed by atoms with E-state index in [-0.39, 0.29) is 25.8 Å². The molecule has 3 fully saturated rings. The SMILES string of the molecule is CCOc1cc(OC2CC3C(=O)NC4(C(=O)NS(=O)(=O)C5(C)CC5)CC4C=CCCCCCC(N=O)C(=O)N3C2)c2ccc(OC)c(C)c2n1. The Morgan fingerprint density at radius 2 is 1.96 bits per heavy atom. The third-order valence-electron chi connectivity index (χ3n) is 10.5. The summed E-state index contributed by atoms with van der Waals surface area (Å²) in [4.78, 5) is 59.7. The van der Waals surface area contributed by atoms with Crippen LogP contribution in [0.25, 0.3) is 10.9 Å². The number of nitrogens with one attached hydrogen (secondary N) is 2. The lowest BCUT2D eigenvalue weighted by atomic mass is 10.1. The summed E-state index contributed by atoms with van der Waals surface area (Å²) in [5.74, 6) is -1.07. The smallest absolute Gasteiger partial charge is 0.259 e. The van der Waals surface area contributed by atoms with Crippen molar-refractivity contribution in [2.75, 3.05) is 20.3 Å². The number of hydrogen-bond acceptors (Lipinski definition) is 11. The molecule has 2 aromatic rings. The Morgan fingerprint density at radius 1 is 1.18 bits per heavy atom. The predicted molar refractivity (Wildman–Crippen MR) is 184 cm³/mol. The van der Waals surface area contributed by atoms with Crippen LogP contribution in [0.4, 0.5) is 0 Å². The molecule has 14 nitrogen and oxygen atoms in total. The number of aryl methyl sites for hydroxylation is 1. The highest BCUT2D eigenvalue weighted by Gasteiger charge is 2.63. The van der Waals surface area contributed by atoms with Gasteiger partial charge in [-0.25, -0.2) is 13.4 Å². The molecule has 0 spiro atoms. The van der Waals surface area contributed by atoms with Gasteiger partial charge in [-0.1, -0.05) is 30.2 Å². The minimum Gasteiger partial charge on any atom is -0.496 e. The van der Waals surface area contributed by atoms with Gasteiger partial charge in [0.15, 0.2) is 6.04 Å². The average molecular weight is 712 g/mol. The molecule has 0 bridgehead atoms. The van der Waals surface area contributed by atoms with Crippen molar-refractivity contribution in [3.8, 4) is 17.4 Å². The largest absolute Gasteiger partial charge is 0.496 e. The zero-order valence-electron chi connectivity index (χ0n) is 28.9. The van der Waals surface area contributed by atoms with Crippen LogP contribution in [0.5, 0.6) is 17.4 Å². The number of hydrogen-bond donors (Lipinski definition) is 2. The number of fused-ring (bicyclic) bond motifs is 3. The van der Waals surface area contributed by atoms with Crippen molar-refractivity contribution >= 4 is 38.6 Å². The van der Waals surface area contributed by atoms with E-state index in [1.807, 2.05) is 32.1 Å². The number of rotatable bonds is 9. The van der Waals surface area contributed by atoms with Crippen LogP contribution in [0.2, 0.25) is 0 Å². The van der Waals surface area contributed by atoms with E-state index in [1.165, 1.54) is 4.90 Å². The lowest BCUT2D eigenvalue weighted by molar-refractivity contribution is -0.140. The van der Waals surface area contributed by atoms with E-state index < -0.39 is 62.1 Å². The molecule has 6 rings (SSSR count). The summed E-state index contributed by atoms with van der Waals surface area (Å²) >= 11 is 0. The summed E-state index contributed by atoms with van der Waals surface area (Å²) in [6.45, 7) is 5.63. The molecular formula is C35H45N5O9S. The van der Waals surface area contributed by atoms with Crippen LogP contribution in [0.15, 0.2) is 35.5 Å². The van der Waals surface area contributed by atoms with Crippen molar-refractivity contribution in [2.24, 2.45) is 11.1 Å². The molecule has 3 heterocycles. The summed E-state index contributed by atoms with van der Waals surface area (Å²) in [5, 5.41) is 6.67. The quantitative estimate of drug-likeness (QED) is 0.287. The summed E-state index contributed by atoms with van der Waals surface area (Å²) < 4.78 is 45.0. The van der Waals surface area contributed by atoms with Crippen molar-refractivity contribution in [3.05, 3.63) is 40.8 Å². The third kappa shape index (κ3) is 6.75. The van der Waals surface area contributed by atoms with E-state index in [2.05, 4.69) is 20.2 Å². The minimum atomic E-state index is -3.97. The Balaban J connectivity index is 1.32. The van der Waals surface area contributed by atoms with Gasteiger partial charge in [0, 0.05) is 29.4 Å². The highest BCUT2D eigenvalue weighted by molar-refractivity contribution is 7.91. The molecule has 50 heavy (non-hydrogen) atoms. The highest BCUT2D eigenvalue weighted by atomic mass is 32.2. The number of carbonyl (C=O) groups excluding carboxylic acids is 3. The van der Waals surface area contributed by atoms with E-state index >= 15 is 0 Å². The summed E-state index contributed by atoms with van der Waals surface area (Å²) in [6.07, 6.45) is 7.29. The number of sulfonamides is 1. The Labute approximate surface area is 291 Å². The molecule has 1 aromatic heterocycles. The third-order valence-corrected chi connectivity index (χ3v) is 12.7. The van der Waals surface area contributed by atoms with Gasteiger partial charge in [-0.05, 0) is 71.4 Å². The monoisotopic (exact) mass is 711 g/mol. The van der Waals surface area contributed by atoms with Crippen LogP contribution < -0.4 is 24.2 Å². The molecule has 270 valence electrons. The maximum atomic E-state index is 14.2. The van der Waals surface area contributed by atoms with Crippen LogP contribution >= 0.6 is 0 Å². The van der Waals surface area contributed by atoms with Gasteiger partial charge in [0.25, 0.3) is 11.8 Å². The predicted octanol–water partition coefficient (Wildman–Crippen LogP) is 3.83. The maximum Gasteiger partial charge on any atom is 0.259 e. The normalized spacial score (nSPS) is 28.0. The minimum absolute atomic E-state index is 0.0267. The van der Waals surface area contributed by atoms with Crippen molar-refractivity contribution in [1.82, 2.24) is 19.9 Å². The zero-order chi connectivity index (χ0) is 35.8. The first kappa shape index (κ1) is 35.6. The van der Waals surface area contributed by atoms with E-state index in [0.717, 1.165) is 18.4 Å². The Morgan fingerprint density at radius 3 is 2.66 bits per heavy atom. The van der Waals surface area contributed by atoms with Gasteiger partial charge in [-0.2, -0.15) is 0 Å². The molecule has 5 atom stereocenters. The molecule has 1 aromatic carbocycles. The summed E-state index contributed by atoms with van der Waals surface area (Å²) in [7, 11) is -2.40. The van der Waals surface area contributed by atoms with Crippen LogP contribution in [0.3, 0.4) is 0 Å². The van der Waals surface area contributed by atoms with Crippen LogP contribution in [0, 0.1) is 17.7 Å². The number of allylic oxidation sites excluding steroid dienone is 1. The molecular weight excluding hydrogens is 666 g/mol. The van der Waals surface area contributed by atoms with Gasteiger partial charge in [-0.15, -0.1) is 4.91 Å². The number of nitrogens with zero attached hydrogens (tertiary/aromatic N) is 3. The molecule has 4 aliphatic rings. The lowest BCUT2D eigenvalue weighted by Crippen LogP contribution is -2.57. The van der Waals surface area contributed by atoms with Gasteiger partial charge in [0.1, 0.15) is 29.2 Å². The average Bonchev–Trinajstić information content (AvgIpc) is 3.96. The number of nitroso groups, excluding NO2 is 1. The lowest BCUT2D eigenvalue weighted by Gasteiger charge is -2.27. The number of amides is 3. The van der Waals surface area contributed by atoms with Gasteiger partial charge >= 0.3 is 0 Å². The number of aromatic nitrogens is 1. The highest BCUT2D eigenvalue weighted by Crippen LogP contribution is 2.47. The molecule has 5 unspecified atom stereocenters. The van der Waals surface area contributed by atoms with E-state index in [9.17, 15) is 27.7 Å². The second-order valence-corrected chi connectivity index (χ2v) is 16.2. The Bertz CT molecular complexity index is 1830.